The minimum absolute atomic E-state index is 0.833. The smallest absolute Gasteiger partial charge is 0.300 e. The maximum Gasteiger partial charge on any atom is 0.300 e. The Morgan fingerprint density at radius 1 is 0.700 bits per heavy atom. The van der Waals surface area contributed by atoms with Crippen LogP contribution >= 0.6 is 0 Å². The van der Waals surface area contributed by atoms with Gasteiger partial charge in [0.15, 0.2) is 0 Å². The number of hydrogen-bond acceptors (Lipinski definition) is 2. The zero-order valence-electron chi connectivity index (χ0n) is 12.3. The molecule has 0 unspecified atom stereocenters. The summed E-state index contributed by atoms with van der Waals surface area (Å²) in [6.45, 7) is 6.17. The van der Waals surface area contributed by atoms with E-state index in [2.05, 4.69) is 48.5 Å². The topological polar surface area (TPSA) is 74.6 Å². The van der Waals surface area contributed by atoms with Gasteiger partial charge in [-0.1, -0.05) is 62.4 Å². The molecule has 0 aliphatic rings. The molecule has 2 rings (SSSR count). The van der Waals surface area contributed by atoms with Crippen molar-refractivity contribution >= 4 is 22.7 Å². The molecule has 0 bridgehead atoms. The highest BCUT2D eigenvalue weighted by Crippen LogP contribution is 2.11. The third-order valence-corrected chi connectivity index (χ3v) is 1.66. The maximum atomic E-state index is 9.00. The number of rotatable bonds is 0. The Labute approximate surface area is 119 Å². The number of carboxylic acids is 2. The molecule has 2 aromatic rings. The molecular weight excluding hydrogens is 256 g/mol. The second-order valence-corrected chi connectivity index (χ2v) is 3.39. The number of fused-ring (bicyclic) bond motifs is 1. The van der Waals surface area contributed by atoms with Gasteiger partial charge < -0.3 is 10.2 Å². The van der Waals surface area contributed by atoms with Crippen LogP contribution in [0.4, 0.5) is 0 Å². The average molecular weight is 278 g/mol. The maximum absolute atomic E-state index is 9.00. The second-order valence-electron chi connectivity index (χ2n) is 3.39. The molecule has 2 aromatic carbocycles. The lowest BCUT2D eigenvalue weighted by Crippen LogP contribution is -1.78. The Kier molecular flexibility index (Phi) is 13.1. The summed E-state index contributed by atoms with van der Waals surface area (Å²) in [6.07, 6.45) is 0. The van der Waals surface area contributed by atoms with E-state index in [9.17, 15) is 0 Å². The van der Waals surface area contributed by atoms with Gasteiger partial charge in [-0.25, -0.2) is 0 Å². The SMILES string of the molecule is CC.CC(=O)O.CC(=O)O.c1ccc2ccccc2c1. The molecule has 4 heteroatoms. The number of carboxylic acid groups (broad SMARTS) is 2. The summed E-state index contributed by atoms with van der Waals surface area (Å²) in [4.78, 5) is 18.0. The molecule has 20 heavy (non-hydrogen) atoms. The van der Waals surface area contributed by atoms with Crippen LogP contribution in [-0.4, -0.2) is 22.2 Å². The highest BCUT2D eigenvalue weighted by molar-refractivity contribution is 5.82. The standard InChI is InChI=1S/C10H8.2C2H4O2.C2H6/c1-2-6-10-8-4-3-7-9(10)5-1;2*1-2(3)4;1-2/h1-8H;2*1H3,(H,3,4);1-2H3. The van der Waals surface area contributed by atoms with Crippen LogP contribution in [0, 0.1) is 0 Å². The van der Waals surface area contributed by atoms with E-state index in [1.165, 1.54) is 10.8 Å². The first-order valence-corrected chi connectivity index (χ1v) is 6.26. The fourth-order valence-electron chi connectivity index (χ4n) is 1.13. The Hall–Kier alpha value is -2.36. The monoisotopic (exact) mass is 278 g/mol. The summed E-state index contributed by atoms with van der Waals surface area (Å²) in [6, 6.07) is 16.7. The molecule has 110 valence electrons. The fraction of sp³-hybridized carbons (Fsp3) is 0.250. The van der Waals surface area contributed by atoms with Gasteiger partial charge in [0.05, 0.1) is 0 Å². The minimum Gasteiger partial charge on any atom is -0.481 e. The molecule has 0 aliphatic carbocycles. The van der Waals surface area contributed by atoms with Crippen LogP contribution in [0.1, 0.15) is 27.7 Å². The molecule has 0 aliphatic heterocycles. The minimum atomic E-state index is -0.833. The van der Waals surface area contributed by atoms with Crippen molar-refractivity contribution in [3.05, 3.63) is 48.5 Å². The first-order valence-electron chi connectivity index (χ1n) is 6.26. The first kappa shape index (κ1) is 20.0. The van der Waals surface area contributed by atoms with Gasteiger partial charge in [-0.15, -0.1) is 0 Å². The van der Waals surface area contributed by atoms with Crippen LogP contribution in [-0.2, 0) is 9.59 Å². The molecule has 0 atom stereocenters. The van der Waals surface area contributed by atoms with Crippen molar-refractivity contribution < 1.29 is 19.8 Å². The Bertz CT molecular complexity index is 421. The highest BCUT2D eigenvalue weighted by Gasteiger charge is 1.85. The average Bonchev–Trinajstić information content (AvgIpc) is 2.40. The molecule has 4 nitrogen and oxygen atoms in total. The zero-order chi connectivity index (χ0) is 16.0. The second kappa shape index (κ2) is 13.1. The van der Waals surface area contributed by atoms with Gasteiger partial charge in [0.1, 0.15) is 0 Å². The Balaban J connectivity index is 0. The summed E-state index contributed by atoms with van der Waals surface area (Å²) in [7, 11) is 0. The normalized spacial score (nSPS) is 7.80. The first-order chi connectivity index (χ1) is 9.43. The summed E-state index contributed by atoms with van der Waals surface area (Å²) < 4.78 is 0. The molecule has 0 heterocycles. The predicted molar refractivity (Wildman–Crippen MR) is 81.9 cm³/mol. The molecule has 0 spiro atoms. The van der Waals surface area contributed by atoms with Crippen molar-refractivity contribution in [1.29, 1.82) is 0 Å². The molecule has 0 fully saturated rings. The van der Waals surface area contributed by atoms with Crippen LogP contribution in [0.15, 0.2) is 48.5 Å². The molecular formula is C16H22O4. The third-order valence-electron chi connectivity index (χ3n) is 1.66. The van der Waals surface area contributed by atoms with Gasteiger partial charge in [-0.2, -0.15) is 0 Å². The molecule has 0 saturated carbocycles. The summed E-state index contributed by atoms with van der Waals surface area (Å²) in [5.74, 6) is -1.67. The summed E-state index contributed by atoms with van der Waals surface area (Å²) in [5, 5.41) is 17.5. The van der Waals surface area contributed by atoms with Gasteiger partial charge in [0.25, 0.3) is 11.9 Å². The van der Waals surface area contributed by atoms with Gasteiger partial charge in [0, 0.05) is 13.8 Å². The van der Waals surface area contributed by atoms with E-state index in [-0.39, 0.29) is 0 Å². The van der Waals surface area contributed by atoms with Crippen molar-refractivity contribution in [3.8, 4) is 0 Å². The van der Waals surface area contributed by atoms with Crippen LogP contribution < -0.4 is 0 Å². The zero-order valence-corrected chi connectivity index (χ0v) is 12.3. The summed E-state index contributed by atoms with van der Waals surface area (Å²) in [5.41, 5.74) is 0. The molecule has 0 aromatic heterocycles. The van der Waals surface area contributed by atoms with Crippen LogP contribution in [0.3, 0.4) is 0 Å². The van der Waals surface area contributed by atoms with Gasteiger partial charge in [0.2, 0.25) is 0 Å². The van der Waals surface area contributed by atoms with Crippen molar-refractivity contribution in [2.24, 2.45) is 0 Å². The van der Waals surface area contributed by atoms with E-state index in [0.29, 0.717) is 0 Å². The molecule has 0 saturated heterocycles. The highest BCUT2D eigenvalue weighted by atomic mass is 16.4. The van der Waals surface area contributed by atoms with E-state index in [1.807, 2.05) is 13.8 Å². The quantitative estimate of drug-likeness (QED) is 0.762. The number of hydrogen-bond donors (Lipinski definition) is 2. The molecule has 0 radical (unpaired) electrons. The van der Waals surface area contributed by atoms with E-state index in [0.717, 1.165) is 13.8 Å². The third kappa shape index (κ3) is 13.7. The Morgan fingerprint density at radius 2 is 0.850 bits per heavy atom. The van der Waals surface area contributed by atoms with E-state index in [4.69, 9.17) is 19.8 Å². The van der Waals surface area contributed by atoms with E-state index >= 15 is 0 Å². The van der Waals surface area contributed by atoms with Crippen molar-refractivity contribution in [2.45, 2.75) is 27.7 Å². The van der Waals surface area contributed by atoms with Crippen molar-refractivity contribution in [3.63, 3.8) is 0 Å². The Morgan fingerprint density at radius 3 is 1.00 bits per heavy atom. The van der Waals surface area contributed by atoms with E-state index < -0.39 is 11.9 Å². The van der Waals surface area contributed by atoms with E-state index in [1.54, 1.807) is 0 Å². The van der Waals surface area contributed by atoms with Crippen molar-refractivity contribution in [1.82, 2.24) is 0 Å². The largest absolute Gasteiger partial charge is 0.481 e. The van der Waals surface area contributed by atoms with Gasteiger partial charge in [-0.05, 0) is 10.8 Å². The number of benzene rings is 2. The fourth-order valence-corrected chi connectivity index (χ4v) is 1.13. The van der Waals surface area contributed by atoms with Crippen LogP contribution in [0.5, 0.6) is 0 Å². The summed E-state index contributed by atoms with van der Waals surface area (Å²) >= 11 is 0. The predicted octanol–water partition coefficient (Wildman–Crippen LogP) is 4.05. The van der Waals surface area contributed by atoms with Gasteiger partial charge >= 0.3 is 0 Å². The van der Waals surface area contributed by atoms with Gasteiger partial charge in [-0.3, -0.25) is 9.59 Å². The lowest BCUT2D eigenvalue weighted by Gasteiger charge is -1.92. The lowest BCUT2D eigenvalue weighted by molar-refractivity contribution is -0.135. The number of carbonyl (C=O) groups is 2. The number of aliphatic carboxylic acids is 2. The lowest BCUT2D eigenvalue weighted by atomic mass is 10.1. The molecule has 2 N–H and O–H groups in total. The van der Waals surface area contributed by atoms with Crippen LogP contribution in [0.2, 0.25) is 0 Å². The molecule has 0 amide bonds. The van der Waals surface area contributed by atoms with Crippen LogP contribution in [0.25, 0.3) is 10.8 Å². The van der Waals surface area contributed by atoms with Crippen molar-refractivity contribution in [2.75, 3.05) is 0 Å².